The van der Waals surface area contributed by atoms with Gasteiger partial charge in [-0.05, 0) is 68.8 Å². The fourth-order valence-corrected chi connectivity index (χ4v) is 6.76. The summed E-state index contributed by atoms with van der Waals surface area (Å²) in [6.07, 6.45) is 9.01. The van der Waals surface area contributed by atoms with E-state index in [-0.39, 0.29) is 24.0 Å². The van der Waals surface area contributed by atoms with Gasteiger partial charge in [-0.15, -0.1) is 0 Å². The molecule has 33 heavy (non-hydrogen) atoms. The van der Waals surface area contributed by atoms with Crippen LogP contribution < -0.4 is 4.74 Å². The molecule has 5 rings (SSSR count). The van der Waals surface area contributed by atoms with Crippen molar-refractivity contribution < 1.29 is 14.6 Å². The van der Waals surface area contributed by atoms with Crippen LogP contribution in [0.1, 0.15) is 75.6 Å². The van der Waals surface area contributed by atoms with E-state index in [2.05, 4.69) is 16.0 Å². The van der Waals surface area contributed by atoms with Crippen molar-refractivity contribution in [1.82, 2.24) is 14.8 Å². The van der Waals surface area contributed by atoms with Crippen LogP contribution in [0.4, 0.5) is 0 Å². The van der Waals surface area contributed by atoms with Crippen LogP contribution in [0, 0.1) is 5.92 Å². The molecule has 3 heterocycles. The number of nitrogens with one attached hydrogen (secondary N) is 1. The van der Waals surface area contributed by atoms with Gasteiger partial charge in [0.15, 0.2) is 0 Å². The zero-order valence-electron chi connectivity index (χ0n) is 20.2. The predicted molar refractivity (Wildman–Crippen MR) is 131 cm³/mol. The highest BCUT2D eigenvalue weighted by atomic mass is 16.5. The second kappa shape index (κ2) is 9.30. The highest BCUT2D eigenvalue weighted by molar-refractivity contribution is 5.89. The van der Waals surface area contributed by atoms with Crippen LogP contribution in [0.3, 0.4) is 0 Å². The quantitative estimate of drug-likeness (QED) is 0.681. The second-order valence-electron chi connectivity index (χ2n) is 10.5. The topological polar surface area (TPSA) is 68.8 Å². The molecule has 2 N–H and O–H groups in total. The molecule has 1 atom stereocenters. The molecular weight excluding hydrogens is 414 g/mol. The number of aliphatic hydroxyl groups is 1. The third-order valence-electron chi connectivity index (χ3n) is 8.51. The van der Waals surface area contributed by atoms with Gasteiger partial charge < -0.3 is 24.6 Å². The van der Waals surface area contributed by atoms with Crippen LogP contribution in [-0.4, -0.2) is 65.7 Å². The van der Waals surface area contributed by atoms with E-state index in [9.17, 15) is 9.90 Å². The van der Waals surface area contributed by atoms with E-state index >= 15 is 0 Å². The number of nitrogens with zero attached hydrogens (tertiary/aromatic N) is 2. The van der Waals surface area contributed by atoms with Gasteiger partial charge in [0.05, 0.1) is 19.8 Å². The van der Waals surface area contributed by atoms with Gasteiger partial charge in [0.25, 0.3) is 0 Å². The number of carbonyl (C=O) groups excluding carboxylic acids is 1. The van der Waals surface area contributed by atoms with E-state index in [1.165, 1.54) is 43.2 Å². The largest absolute Gasteiger partial charge is 0.497 e. The summed E-state index contributed by atoms with van der Waals surface area (Å²) in [4.78, 5) is 21.4. The number of amides is 1. The Morgan fingerprint density at radius 1 is 1.24 bits per heavy atom. The number of aromatic amines is 1. The fourth-order valence-electron chi connectivity index (χ4n) is 6.76. The first-order valence-corrected chi connectivity index (χ1v) is 12.9. The summed E-state index contributed by atoms with van der Waals surface area (Å²) in [6.45, 7) is 6.09. The van der Waals surface area contributed by atoms with Crippen molar-refractivity contribution in [2.24, 2.45) is 5.92 Å². The van der Waals surface area contributed by atoms with Crippen LogP contribution in [0.15, 0.2) is 18.2 Å². The number of ether oxygens (including phenoxy) is 1. The van der Waals surface area contributed by atoms with Gasteiger partial charge in [0.2, 0.25) is 5.91 Å². The Hall–Kier alpha value is -2.05. The van der Waals surface area contributed by atoms with Crippen molar-refractivity contribution in [3.8, 4) is 5.75 Å². The van der Waals surface area contributed by atoms with E-state index < -0.39 is 0 Å². The molecule has 3 aliphatic rings. The molecule has 1 aromatic heterocycles. The van der Waals surface area contributed by atoms with Crippen molar-refractivity contribution in [3.05, 3.63) is 29.5 Å². The Balaban J connectivity index is 1.52. The minimum Gasteiger partial charge on any atom is -0.497 e. The molecule has 1 aliphatic carbocycles. The zero-order valence-corrected chi connectivity index (χ0v) is 20.2. The fraction of sp³-hybridized carbons (Fsp3) is 0.667. The Bertz CT molecular complexity index is 986. The third-order valence-corrected chi connectivity index (χ3v) is 8.51. The van der Waals surface area contributed by atoms with Crippen LogP contribution >= 0.6 is 0 Å². The lowest BCUT2D eigenvalue weighted by Crippen LogP contribution is -2.55. The van der Waals surface area contributed by atoms with E-state index in [0.717, 1.165) is 55.2 Å². The molecular formula is C27H39N3O3. The van der Waals surface area contributed by atoms with Crippen LogP contribution in [0.2, 0.25) is 0 Å². The summed E-state index contributed by atoms with van der Waals surface area (Å²) in [6, 6.07) is 5.93. The number of aliphatic hydroxyl groups excluding tert-OH is 1. The molecule has 6 heteroatoms. The Morgan fingerprint density at radius 3 is 2.67 bits per heavy atom. The zero-order chi connectivity index (χ0) is 23.0. The molecule has 2 fully saturated rings. The lowest BCUT2D eigenvalue weighted by molar-refractivity contribution is -0.137. The molecule has 2 aromatic rings. The lowest BCUT2D eigenvalue weighted by atomic mass is 9.68. The Kier molecular flexibility index (Phi) is 6.41. The van der Waals surface area contributed by atoms with Gasteiger partial charge in [0, 0.05) is 47.6 Å². The van der Waals surface area contributed by atoms with E-state index in [4.69, 9.17) is 4.74 Å². The molecule has 1 saturated carbocycles. The van der Waals surface area contributed by atoms with Crippen molar-refractivity contribution in [3.63, 3.8) is 0 Å². The number of aromatic nitrogens is 1. The first-order chi connectivity index (χ1) is 16.1. The van der Waals surface area contributed by atoms with Gasteiger partial charge in [-0.1, -0.05) is 19.8 Å². The summed E-state index contributed by atoms with van der Waals surface area (Å²) in [5.41, 5.74) is 3.33. The molecule has 0 unspecified atom stereocenters. The molecule has 1 amide bonds. The number of hydrogen-bond acceptors (Lipinski definition) is 4. The number of H-pyrrole nitrogens is 1. The molecule has 6 nitrogen and oxygen atoms in total. The summed E-state index contributed by atoms with van der Waals surface area (Å²) in [5, 5.41) is 11.6. The number of fused-ring (bicyclic) bond motifs is 4. The molecule has 1 saturated heterocycles. The van der Waals surface area contributed by atoms with Crippen LogP contribution in [-0.2, 0) is 10.2 Å². The van der Waals surface area contributed by atoms with Gasteiger partial charge >= 0.3 is 0 Å². The van der Waals surface area contributed by atoms with Gasteiger partial charge in [-0.2, -0.15) is 0 Å². The highest BCUT2D eigenvalue weighted by Crippen LogP contribution is 2.49. The summed E-state index contributed by atoms with van der Waals surface area (Å²) in [5.74, 6) is 1.84. The van der Waals surface area contributed by atoms with Crippen molar-refractivity contribution >= 4 is 16.8 Å². The first kappa shape index (κ1) is 22.7. The molecule has 1 spiro atoms. The minimum atomic E-state index is -0.306. The lowest BCUT2D eigenvalue weighted by Gasteiger charge is -2.50. The molecule has 0 radical (unpaired) electrons. The van der Waals surface area contributed by atoms with Crippen LogP contribution in [0.25, 0.3) is 10.9 Å². The number of likely N-dealkylation sites (tertiary alicyclic amines) is 1. The normalized spacial score (nSPS) is 23.4. The Morgan fingerprint density at radius 2 is 2.00 bits per heavy atom. The smallest absolute Gasteiger partial charge is 0.223 e. The minimum absolute atomic E-state index is 0.0592. The van der Waals surface area contributed by atoms with Gasteiger partial charge in [-0.3, -0.25) is 4.79 Å². The maximum Gasteiger partial charge on any atom is 0.223 e. The standard InChI is InChI=1S/C27H39N3O3/c1-3-6-24(32)30-18-27(11-13-29(14-12-27)16-19-7-4-5-8-19)25-21-10-9-20(33-2)15-22(21)28-26(25)23(30)17-31/h9-10,15,19,23,28,31H,3-8,11-14,16-18H2,1-2H3/t23-/m1/s1. The number of hydrogen-bond donors (Lipinski definition) is 2. The summed E-state index contributed by atoms with van der Waals surface area (Å²) < 4.78 is 5.47. The summed E-state index contributed by atoms with van der Waals surface area (Å²) in [7, 11) is 1.69. The molecule has 2 aliphatic heterocycles. The molecule has 180 valence electrons. The number of piperidine rings is 1. The second-order valence-corrected chi connectivity index (χ2v) is 10.5. The molecule has 0 bridgehead atoms. The van der Waals surface area contributed by atoms with Gasteiger partial charge in [0.1, 0.15) is 5.75 Å². The number of methoxy groups -OCH3 is 1. The molecule has 1 aromatic carbocycles. The maximum atomic E-state index is 13.2. The first-order valence-electron chi connectivity index (χ1n) is 12.9. The number of benzene rings is 1. The summed E-state index contributed by atoms with van der Waals surface area (Å²) >= 11 is 0. The average Bonchev–Trinajstić information content (AvgIpc) is 3.48. The van der Waals surface area contributed by atoms with Crippen molar-refractivity contribution in [2.45, 2.75) is 69.7 Å². The number of carbonyl (C=O) groups is 1. The predicted octanol–water partition coefficient (Wildman–Crippen LogP) is 4.38. The maximum absolute atomic E-state index is 13.2. The van der Waals surface area contributed by atoms with Crippen molar-refractivity contribution in [2.75, 3.05) is 39.9 Å². The SMILES string of the molecule is CCCC(=O)N1CC2(CCN(CC3CCCC3)CC2)c2c([nH]c3cc(OC)ccc23)[C@H]1CO. The number of rotatable bonds is 6. The third kappa shape index (κ3) is 4.06. The van der Waals surface area contributed by atoms with E-state index in [1.807, 2.05) is 24.0 Å². The van der Waals surface area contributed by atoms with E-state index in [0.29, 0.717) is 13.0 Å². The van der Waals surface area contributed by atoms with Crippen molar-refractivity contribution in [1.29, 1.82) is 0 Å². The monoisotopic (exact) mass is 453 g/mol. The average molecular weight is 454 g/mol. The Labute approximate surface area is 197 Å². The van der Waals surface area contributed by atoms with Gasteiger partial charge in [-0.25, -0.2) is 0 Å². The highest BCUT2D eigenvalue weighted by Gasteiger charge is 2.48. The van der Waals surface area contributed by atoms with Crippen LogP contribution in [0.5, 0.6) is 5.75 Å². The van der Waals surface area contributed by atoms with E-state index in [1.54, 1.807) is 7.11 Å².